The normalized spacial score (nSPS) is 13.7. The second-order valence-corrected chi connectivity index (χ2v) is 7.71. The molecular formula is C23H26N6O3. The van der Waals surface area contributed by atoms with Crippen LogP contribution in [0.4, 0.5) is 5.69 Å². The average molecular weight is 435 g/mol. The maximum atomic E-state index is 12.3. The second-order valence-electron chi connectivity index (χ2n) is 7.71. The third-order valence-corrected chi connectivity index (χ3v) is 5.29. The highest BCUT2D eigenvalue weighted by atomic mass is 16.5. The van der Waals surface area contributed by atoms with Gasteiger partial charge in [0.15, 0.2) is 0 Å². The van der Waals surface area contributed by atoms with E-state index in [9.17, 15) is 9.59 Å². The van der Waals surface area contributed by atoms with Gasteiger partial charge in [-0.05, 0) is 66.9 Å². The topological polar surface area (TPSA) is 111 Å². The van der Waals surface area contributed by atoms with Gasteiger partial charge in [0.2, 0.25) is 5.91 Å². The summed E-state index contributed by atoms with van der Waals surface area (Å²) in [6.45, 7) is 2.54. The van der Waals surface area contributed by atoms with Gasteiger partial charge in [-0.15, -0.1) is 15.0 Å². The lowest BCUT2D eigenvalue weighted by Crippen LogP contribution is -2.33. The Hall–Kier alpha value is -3.75. The quantitative estimate of drug-likeness (QED) is 0.564. The Morgan fingerprint density at radius 3 is 2.47 bits per heavy atom. The molecule has 2 N–H and O–H groups in total. The highest BCUT2D eigenvalue weighted by molar-refractivity contribution is 5.92. The lowest BCUT2D eigenvalue weighted by molar-refractivity contribution is -0.115. The van der Waals surface area contributed by atoms with Crippen LogP contribution in [0, 0.1) is 0 Å². The predicted molar refractivity (Wildman–Crippen MR) is 119 cm³/mol. The number of aromatic nitrogens is 4. The van der Waals surface area contributed by atoms with Gasteiger partial charge in [0.25, 0.3) is 11.7 Å². The summed E-state index contributed by atoms with van der Waals surface area (Å²) < 4.78 is 5.41. The van der Waals surface area contributed by atoms with E-state index in [1.165, 1.54) is 4.80 Å². The largest absolute Gasteiger partial charge is 0.494 e. The van der Waals surface area contributed by atoms with Crippen LogP contribution in [0.25, 0.3) is 5.69 Å². The zero-order chi connectivity index (χ0) is 22.3. The van der Waals surface area contributed by atoms with Gasteiger partial charge in [-0.3, -0.25) is 9.59 Å². The smallest absolute Gasteiger partial charge is 0.293 e. The minimum atomic E-state index is -0.304. The summed E-state index contributed by atoms with van der Waals surface area (Å²) in [6.07, 6.45) is 4.51. The third-order valence-electron chi connectivity index (χ3n) is 5.29. The first-order chi connectivity index (χ1) is 15.6. The first-order valence-electron chi connectivity index (χ1n) is 10.8. The van der Waals surface area contributed by atoms with E-state index in [-0.39, 0.29) is 30.1 Å². The zero-order valence-corrected chi connectivity index (χ0v) is 18.0. The van der Waals surface area contributed by atoms with Crippen molar-refractivity contribution in [1.82, 2.24) is 25.5 Å². The summed E-state index contributed by atoms with van der Waals surface area (Å²) in [5, 5.41) is 17.8. The molecule has 0 unspecified atom stereocenters. The summed E-state index contributed by atoms with van der Waals surface area (Å²) in [4.78, 5) is 25.9. The van der Waals surface area contributed by atoms with E-state index in [1.807, 2.05) is 31.2 Å². The van der Waals surface area contributed by atoms with Gasteiger partial charge >= 0.3 is 0 Å². The molecule has 4 rings (SSSR count). The molecule has 9 nitrogen and oxygen atoms in total. The number of hydrogen-bond donors (Lipinski definition) is 2. The minimum absolute atomic E-state index is 0.0460. The molecule has 9 heteroatoms. The third kappa shape index (κ3) is 5.48. The standard InChI is InChI=1S/C23H26N6O3/c1-2-32-20-13-7-16(8-14-20)15-21(30)24-18-9-11-19(12-10-18)29-27-22(26-28-29)23(31)25-17-5-3-4-6-17/h7-14,17H,2-6,15H2,1H3,(H,24,30)(H,25,31). The van der Waals surface area contributed by atoms with Gasteiger partial charge in [0.1, 0.15) is 5.75 Å². The molecule has 2 aromatic carbocycles. The van der Waals surface area contributed by atoms with Crippen LogP contribution in [0.1, 0.15) is 48.8 Å². The number of hydrogen-bond acceptors (Lipinski definition) is 6. The Kier molecular flexibility index (Phi) is 6.74. The Labute approximate surface area is 186 Å². The molecule has 1 saturated carbocycles. The molecule has 1 aliphatic rings. The van der Waals surface area contributed by atoms with Crippen LogP contribution in [0.15, 0.2) is 48.5 Å². The predicted octanol–water partition coefficient (Wildman–Crippen LogP) is 2.91. The van der Waals surface area contributed by atoms with Crippen molar-refractivity contribution in [3.05, 3.63) is 59.9 Å². The summed E-state index contributed by atoms with van der Waals surface area (Å²) in [5.41, 5.74) is 2.20. The fourth-order valence-corrected chi connectivity index (χ4v) is 3.67. The molecule has 1 fully saturated rings. The van der Waals surface area contributed by atoms with Crippen LogP contribution in [-0.2, 0) is 11.2 Å². The first kappa shape index (κ1) is 21.5. The summed E-state index contributed by atoms with van der Waals surface area (Å²) in [6, 6.07) is 14.7. The molecule has 0 saturated heterocycles. The van der Waals surface area contributed by atoms with Crippen LogP contribution >= 0.6 is 0 Å². The van der Waals surface area contributed by atoms with Crippen LogP contribution < -0.4 is 15.4 Å². The van der Waals surface area contributed by atoms with Crippen molar-refractivity contribution in [2.75, 3.05) is 11.9 Å². The summed E-state index contributed by atoms with van der Waals surface area (Å²) in [5.74, 6) is 0.408. The molecule has 1 heterocycles. The number of amides is 2. The van der Waals surface area contributed by atoms with E-state index in [0.717, 1.165) is 37.0 Å². The van der Waals surface area contributed by atoms with Crippen LogP contribution in [-0.4, -0.2) is 44.7 Å². The highest BCUT2D eigenvalue weighted by Gasteiger charge is 2.21. The fraction of sp³-hybridized carbons (Fsp3) is 0.348. The lowest BCUT2D eigenvalue weighted by Gasteiger charge is -2.09. The molecule has 0 bridgehead atoms. The molecule has 32 heavy (non-hydrogen) atoms. The number of carbonyl (C=O) groups excluding carboxylic acids is 2. The van der Waals surface area contributed by atoms with Crippen molar-refractivity contribution in [3.63, 3.8) is 0 Å². The van der Waals surface area contributed by atoms with Crippen LogP contribution in [0.2, 0.25) is 0 Å². The molecule has 0 atom stereocenters. The molecule has 3 aromatic rings. The average Bonchev–Trinajstić information content (AvgIpc) is 3.48. The molecule has 0 radical (unpaired) electrons. The van der Waals surface area contributed by atoms with Crippen LogP contribution in [0.5, 0.6) is 5.75 Å². The monoisotopic (exact) mass is 434 g/mol. The first-order valence-corrected chi connectivity index (χ1v) is 10.8. The van der Waals surface area contributed by atoms with E-state index in [0.29, 0.717) is 18.0 Å². The Morgan fingerprint density at radius 2 is 1.78 bits per heavy atom. The Bertz CT molecular complexity index is 1060. The number of anilines is 1. The van der Waals surface area contributed by atoms with Gasteiger partial charge in [0, 0.05) is 11.7 Å². The number of benzene rings is 2. The number of carbonyl (C=O) groups is 2. The Morgan fingerprint density at radius 1 is 1.06 bits per heavy atom. The van der Waals surface area contributed by atoms with Crippen molar-refractivity contribution >= 4 is 17.5 Å². The van der Waals surface area contributed by atoms with E-state index in [2.05, 4.69) is 26.0 Å². The van der Waals surface area contributed by atoms with E-state index < -0.39 is 0 Å². The fourth-order valence-electron chi connectivity index (χ4n) is 3.67. The van der Waals surface area contributed by atoms with Crippen molar-refractivity contribution in [3.8, 4) is 11.4 Å². The van der Waals surface area contributed by atoms with Gasteiger partial charge < -0.3 is 15.4 Å². The zero-order valence-electron chi connectivity index (χ0n) is 18.0. The molecule has 166 valence electrons. The number of nitrogens with zero attached hydrogens (tertiary/aromatic N) is 4. The second kappa shape index (κ2) is 10.0. The molecule has 1 aromatic heterocycles. The van der Waals surface area contributed by atoms with Gasteiger partial charge in [-0.1, -0.05) is 25.0 Å². The molecular weight excluding hydrogens is 408 g/mol. The minimum Gasteiger partial charge on any atom is -0.494 e. The number of nitrogens with one attached hydrogen (secondary N) is 2. The van der Waals surface area contributed by atoms with Crippen molar-refractivity contribution < 1.29 is 14.3 Å². The van der Waals surface area contributed by atoms with Crippen molar-refractivity contribution in [1.29, 1.82) is 0 Å². The number of rotatable bonds is 8. The van der Waals surface area contributed by atoms with Gasteiger partial charge in [0.05, 0.1) is 18.7 Å². The van der Waals surface area contributed by atoms with Gasteiger partial charge in [-0.2, -0.15) is 0 Å². The lowest BCUT2D eigenvalue weighted by atomic mass is 10.1. The van der Waals surface area contributed by atoms with Crippen LogP contribution in [0.3, 0.4) is 0 Å². The van der Waals surface area contributed by atoms with Crippen molar-refractivity contribution in [2.24, 2.45) is 0 Å². The molecule has 1 aliphatic carbocycles. The maximum Gasteiger partial charge on any atom is 0.293 e. The highest BCUT2D eigenvalue weighted by Crippen LogP contribution is 2.18. The van der Waals surface area contributed by atoms with E-state index >= 15 is 0 Å². The van der Waals surface area contributed by atoms with Crippen molar-refractivity contribution in [2.45, 2.75) is 45.1 Å². The van der Waals surface area contributed by atoms with E-state index in [1.54, 1.807) is 24.3 Å². The van der Waals surface area contributed by atoms with E-state index in [4.69, 9.17) is 4.74 Å². The van der Waals surface area contributed by atoms with Gasteiger partial charge in [-0.25, -0.2) is 0 Å². The molecule has 2 amide bonds. The summed E-state index contributed by atoms with van der Waals surface area (Å²) >= 11 is 0. The Balaban J connectivity index is 1.32. The molecule has 0 spiro atoms. The summed E-state index contributed by atoms with van der Waals surface area (Å²) in [7, 11) is 0. The molecule has 0 aliphatic heterocycles. The number of ether oxygens (including phenoxy) is 1. The maximum absolute atomic E-state index is 12.3. The SMILES string of the molecule is CCOc1ccc(CC(=O)Nc2ccc(-n3nnc(C(=O)NC4CCCC4)n3)cc2)cc1. The number of tetrazole rings is 1.